The van der Waals surface area contributed by atoms with Crippen LogP contribution in [0.2, 0.25) is 0 Å². The van der Waals surface area contributed by atoms with Gasteiger partial charge in [-0.15, -0.1) is 0 Å². The number of primary amides is 1. The standard InChI is InChI=1S/C15H20N2O3/c1-15(14(16)19)11-17(9-10-20-15)13(18)8-7-12-5-3-2-4-6-12/h2-6H,7-11H2,1H3,(H2,16,19)/t15-/m0/s1. The summed E-state index contributed by atoms with van der Waals surface area (Å²) < 4.78 is 5.40. The predicted octanol–water partition coefficient (Wildman–Crippen LogP) is 0.722. The van der Waals surface area contributed by atoms with Crippen LogP contribution in [0.25, 0.3) is 0 Å². The van der Waals surface area contributed by atoms with Gasteiger partial charge in [0.25, 0.3) is 5.91 Å². The zero-order valence-electron chi connectivity index (χ0n) is 11.7. The lowest BCUT2D eigenvalue weighted by atomic mass is 10.0. The van der Waals surface area contributed by atoms with E-state index in [1.54, 1.807) is 11.8 Å². The molecule has 0 unspecified atom stereocenters. The van der Waals surface area contributed by atoms with Gasteiger partial charge in [-0.25, -0.2) is 0 Å². The first-order valence-corrected chi connectivity index (χ1v) is 6.77. The molecule has 1 aliphatic heterocycles. The third-order valence-electron chi connectivity index (χ3n) is 3.62. The van der Waals surface area contributed by atoms with Crippen molar-refractivity contribution in [2.24, 2.45) is 5.73 Å². The normalized spacial score (nSPS) is 22.6. The van der Waals surface area contributed by atoms with Crippen LogP contribution in [0.3, 0.4) is 0 Å². The Morgan fingerprint density at radius 3 is 2.70 bits per heavy atom. The van der Waals surface area contributed by atoms with E-state index in [0.29, 0.717) is 26.0 Å². The van der Waals surface area contributed by atoms with Crippen LogP contribution in [-0.4, -0.2) is 42.0 Å². The van der Waals surface area contributed by atoms with Crippen molar-refractivity contribution in [3.05, 3.63) is 35.9 Å². The van der Waals surface area contributed by atoms with Crippen molar-refractivity contribution in [1.82, 2.24) is 4.90 Å². The summed E-state index contributed by atoms with van der Waals surface area (Å²) in [4.78, 5) is 25.2. The highest BCUT2D eigenvalue weighted by atomic mass is 16.5. The van der Waals surface area contributed by atoms with Crippen LogP contribution in [0.4, 0.5) is 0 Å². The molecule has 5 nitrogen and oxygen atoms in total. The zero-order chi connectivity index (χ0) is 14.6. The van der Waals surface area contributed by atoms with Gasteiger partial charge in [-0.05, 0) is 18.9 Å². The average molecular weight is 276 g/mol. The number of amides is 2. The Morgan fingerprint density at radius 1 is 1.35 bits per heavy atom. The molecule has 2 amide bonds. The van der Waals surface area contributed by atoms with Gasteiger partial charge in [-0.2, -0.15) is 0 Å². The smallest absolute Gasteiger partial charge is 0.251 e. The SMILES string of the molecule is C[C@@]1(C(N)=O)CN(C(=O)CCc2ccccc2)CCO1. The zero-order valence-corrected chi connectivity index (χ0v) is 11.7. The molecule has 2 N–H and O–H groups in total. The summed E-state index contributed by atoms with van der Waals surface area (Å²) in [5, 5.41) is 0. The van der Waals surface area contributed by atoms with E-state index in [0.717, 1.165) is 5.56 Å². The first-order valence-electron chi connectivity index (χ1n) is 6.77. The Bertz CT molecular complexity index is 489. The van der Waals surface area contributed by atoms with Gasteiger partial charge in [0.15, 0.2) is 5.60 Å². The molecular formula is C15H20N2O3. The minimum atomic E-state index is -1.07. The van der Waals surface area contributed by atoms with E-state index in [2.05, 4.69) is 0 Å². The fourth-order valence-corrected chi connectivity index (χ4v) is 2.29. The number of rotatable bonds is 4. The Kier molecular flexibility index (Phi) is 4.39. The van der Waals surface area contributed by atoms with Gasteiger partial charge in [0.2, 0.25) is 5.91 Å². The number of nitrogens with two attached hydrogens (primary N) is 1. The van der Waals surface area contributed by atoms with E-state index < -0.39 is 11.5 Å². The van der Waals surface area contributed by atoms with Crippen LogP contribution in [0.1, 0.15) is 18.9 Å². The second-order valence-electron chi connectivity index (χ2n) is 5.24. The van der Waals surface area contributed by atoms with Crippen LogP contribution in [0.15, 0.2) is 30.3 Å². The van der Waals surface area contributed by atoms with Gasteiger partial charge in [0.1, 0.15) is 0 Å². The molecule has 1 atom stereocenters. The Labute approximate surface area is 118 Å². The maximum atomic E-state index is 12.2. The number of morpholine rings is 1. The van der Waals surface area contributed by atoms with Gasteiger partial charge in [0, 0.05) is 13.0 Å². The van der Waals surface area contributed by atoms with E-state index in [4.69, 9.17) is 10.5 Å². The van der Waals surface area contributed by atoms with Crippen LogP contribution in [-0.2, 0) is 20.7 Å². The first-order chi connectivity index (χ1) is 9.51. The van der Waals surface area contributed by atoms with Crippen LogP contribution in [0, 0.1) is 0 Å². The molecule has 20 heavy (non-hydrogen) atoms. The van der Waals surface area contributed by atoms with Crippen molar-refractivity contribution < 1.29 is 14.3 Å². The molecule has 1 heterocycles. The van der Waals surface area contributed by atoms with Crippen molar-refractivity contribution in [3.63, 3.8) is 0 Å². The molecule has 0 saturated carbocycles. The Balaban J connectivity index is 1.91. The number of hydrogen-bond donors (Lipinski definition) is 1. The van der Waals surface area contributed by atoms with Gasteiger partial charge in [-0.3, -0.25) is 9.59 Å². The van der Waals surface area contributed by atoms with Gasteiger partial charge < -0.3 is 15.4 Å². The van der Waals surface area contributed by atoms with Gasteiger partial charge in [-0.1, -0.05) is 30.3 Å². The highest BCUT2D eigenvalue weighted by Gasteiger charge is 2.38. The minimum absolute atomic E-state index is 0.0321. The summed E-state index contributed by atoms with van der Waals surface area (Å²) in [5.41, 5.74) is 5.39. The van der Waals surface area contributed by atoms with Crippen LogP contribution >= 0.6 is 0 Å². The lowest BCUT2D eigenvalue weighted by Crippen LogP contribution is -2.58. The molecule has 1 aromatic rings. The molecule has 1 aromatic carbocycles. The Morgan fingerprint density at radius 2 is 2.05 bits per heavy atom. The number of aryl methyl sites for hydroxylation is 1. The summed E-state index contributed by atoms with van der Waals surface area (Å²) >= 11 is 0. The summed E-state index contributed by atoms with van der Waals surface area (Å²) in [5.74, 6) is -0.498. The van der Waals surface area contributed by atoms with Gasteiger partial charge in [0.05, 0.1) is 13.2 Å². The third kappa shape index (κ3) is 3.36. The molecule has 0 aromatic heterocycles. The maximum Gasteiger partial charge on any atom is 0.251 e. The Hall–Kier alpha value is -1.88. The fraction of sp³-hybridized carbons (Fsp3) is 0.467. The van der Waals surface area contributed by atoms with Crippen molar-refractivity contribution in [1.29, 1.82) is 0 Å². The van der Waals surface area contributed by atoms with Crippen molar-refractivity contribution in [3.8, 4) is 0 Å². The highest BCUT2D eigenvalue weighted by molar-refractivity contribution is 5.85. The number of carbonyl (C=O) groups excluding carboxylic acids is 2. The number of benzene rings is 1. The monoisotopic (exact) mass is 276 g/mol. The summed E-state index contributed by atoms with van der Waals surface area (Å²) in [6, 6.07) is 9.86. The molecule has 1 saturated heterocycles. The molecule has 0 spiro atoms. The number of hydrogen-bond acceptors (Lipinski definition) is 3. The largest absolute Gasteiger partial charge is 0.367 e. The van der Waals surface area contributed by atoms with E-state index in [-0.39, 0.29) is 12.5 Å². The van der Waals surface area contributed by atoms with E-state index in [1.807, 2.05) is 30.3 Å². The summed E-state index contributed by atoms with van der Waals surface area (Å²) in [6.45, 7) is 2.72. The second kappa shape index (κ2) is 6.05. The third-order valence-corrected chi connectivity index (χ3v) is 3.62. The highest BCUT2D eigenvalue weighted by Crippen LogP contribution is 2.18. The molecule has 108 valence electrons. The molecule has 0 radical (unpaired) electrons. The number of carbonyl (C=O) groups is 2. The topological polar surface area (TPSA) is 72.6 Å². The lowest BCUT2D eigenvalue weighted by molar-refractivity contribution is -0.160. The molecule has 0 aliphatic carbocycles. The van der Waals surface area contributed by atoms with E-state index in [9.17, 15) is 9.59 Å². The minimum Gasteiger partial charge on any atom is -0.367 e. The molecule has 2 rings (SSSR count). The van der Waals surface area contributed by atoms with E-state index >= 15 is 0 Å². The predicted molar refractivity (Wildman–Crippen MR) is 74.9 cm³/mol. The maximum absolute atomic E-state index is 12.2. The first kappa shape index (κ1) is 14.5. The molecule has 5 heteroatoms. The second-order valence-corrected chi connectivity index (χ2v) is 5.24. The average Bonchev–Trinajstić information content (AvgIpc) is 2.46. The van der Waals surface area contributed by atoms with E-state index in [1.165, 1.54) is 0 Å². The summed E-state index contributed by atoms with van der Waals surface area (Å²) in [7, 11) is 0. The van der Waals surface area contributed by atoms with Crippen molar-refractivity contribution >= 4 is 11.8 Å². The quantitative estimate of drug-likeness (QED) is 0.880. The molecule has 1 fully saturated rings. The number of ether oxygens (including phenoxy) is 1. The fourth-order valence-electron chi connectivity index (χ4n) is 2.29. The lowest BCUT2D eigenvalue weighted by Gasteiger charge is -2.38. The van der Waals surface area contributed by atoms with Crippen molar-refractivity contribution in [2.45, 2.75) is 25.4 Å². The number of nitrogens with zero attached hydrogens (tertiary/aromatic N) is 1. The van der Waals surface area contributed by atoms with Crippen LogP contribution in [0.5, 0.6) is 0 Å². The molecular weight excluding hydrogens is 256 g/mol. The van der Waals surface area contributed by atoms with Gasteiger partial charge >= 0.3 is 0 Å². The molecule has 0 bridgehead atoms. The summed E-state index contributed by atoms with van der Waals surface area (Å²) in [6.07, 6.45) is 1.13. The van der Waals surface area contributed by atoms with Crippen molar-refractivity contribution in [2.75, 3.05) is 19.7 Å². The molecule has 1 aliphatic rings. The van der Waals surface area contributed by atoms with Crippen LogP contribution < -0.4 is 5.73 Å².